The van der Waals surface area contributed by atoms with Gasteiger partial charge < -0.3 is 14.2 Å². The second-order valence-electron chi connectivity index (χ2n) is 5.40. The number of benzene rings is 1. The van der Waals surface area contributed by atoms with Crippen molar-refractivity contribution in [2.24, 2.45) is 5.41 Å². The summed E-state index contributed by atoms with van der Waals surface area (Å²) in [7, 11) is 4.22. The Kier molecular flexibility index (Phi) is 4.32. The maximum Gasteiger partial charge on any atom is 0.323 e. The number of fused-ring (bicyclic) bond motifs is 1. The molecule has 0 amide bonds. The lowest BCUT2D eigenvalue weighted by molar-refractivity contribution is -0.168. The first-order valence-electron chi connectivity index (χ1n) is 6.75. The lowest BCUT2D eigenvalue weighted by atomic mass is 9.84. The summed E-state index contributed by atoms with van der Waals surface area (Å²) in [4.78, 5) is 24.4. The SMILES string of the molecule is COCc1cc(C)c2c(c1)CC(C(=O)OC)(C(=O)OC)C2. The first-order chi connectivity index (χ1) is 9.98. The Hall–Kier alpha value is -1.88. The fraction of sp³-hybridized carbons (Fsp3) is 0.500. The molecule has 0 heterocycles. The Bertz CT molecular complexity index is 560. The second-order valence-corrected chi connectivity index (χ2v) is 5.40. The monoisotopic (exact) mass is 292 g/mol. The molecule has 0 radical (unpaired) electrons. The van der Waals surface area contributed by atoms with Crippen LogP contribution in [0, 0.1) is 12.3 Å². The molecular weight excluding hydrogens is 272 g/mol. The van der Waals surface area contributed by atoms with Gasteiger partial charge in [0.2, 0.25) is 0 Å². The molecule has 0 saturated carbocycles. The first-order valence-corrected chi connectivity index (χ1v) is 6.75. The Balaban J connectivity index is 2.46. The maximum atomic E-state index is 12.2. The van der Waals surface area contributed by atoms with Crippen LogP contribution in [-0.2, 0) is 43.2 Å². The zero-order chi connectivity index (χ0) is 15.6. The third-order valence-electron chi connectivity index (χ3n) is 4.06. The van der Waals surface area contributed by atoms with E-state index in [-0.39, 0.29) is 0 Å². The molecule has 0 N–H and O–H groups in total. The third kappa shape index (κ3) is 2.53. The molecule has 0 fully saturated rings. The van der Waals surface area contributed by atoms with Crippen LogP contribution >= 0.6 is 0 Å². The molecule has 1 aliphatic rings. The molecule has 0 aromatic heterocycles. The minimum atomic E-state index is -1.26. The highest BCUT2D eigenvalue weighted by Crippen LogP contribution is 2.41. The highest BCUT2D eigenvalue weighted by molar-refractivity contribution is 6.01. The van der Waals surface area contributed by atoms with Gasteiger partial charge in [0, 0.05) is 13.5 Å². The van der Waals surface area contributed by atoms with E-state index in [1.54, 1.807) is 7.11 Å². The van der Waals surface area contributed by atoms with Gasteiger partial charge in [-0.05, 0) is 35.6 Å². The quantitative estimate of drug-likeness (QED) is 0.623. The largest absolute Gasteiger partial charge is 0.468 e. The minimum absolute atomic E-state index is 0.306. The average Bonchev–Trinajstić information content (AvgIpc) is 2.87. The zero-order valence-corrected chi connectivity index (χ0v) is 12.8. The molecule has 0 saturated heterocycles. The van der Waals surface area contributed by atoms with Crippen molar-refractivity contribution < 1.29 is 23.8 Å². The number of carbonyl (C=O) groups is 2. The van der Waals surface area contributed by atoms with Crippen LogP contribution in [0.3, 0.4) is 0 Å². The minimum Gasteiger partial charge on any atom is -0.468 e. The number of esters is 2. The molecule has 21 heavy (non-hydrogen) atoms. The fourth-order valence-corrected chi connectivity index (χ4v) is 3.08. The standard InChI is InChI=1S/C16H20O5/c1-10-5-11(9-19-2)6-12-7-16(8-13(10)12,14(17)20-3)15(18)21-4/h5-6H,7-9H2,1-4H3. The molecule has 5 heteroatoms. The summed E-state index contributed by atoms with van der Waals surface area (Å²) in [5, 5.41) is 0. The molecule has 0 atom stereocenters. The summed E-state index contributed by atoms with van der Waals surface area (Å²) in [6, 6.07) is 4.01. The van der Waals surface area contributed by atoms with E-state index in [2.05, 4.69) is 0 Å². The number of methoxy groups -OCH3 is 3. The Morgan fingerprint density at radius 3 is 2.24 bits per heavy atom. The fourth-order valence-electron chi connectivity index (χ4n) is 3.08. The van der Waals surface area contributed by atoms with Gasteiger partial charge in [-0.15, -0.1) is 0 Å². The van der Waals surface area contributed by atoms with Crippen molar-refractivity contribution in [1.29, 1.82) is 0 Å². The van der Waals surface area contributed by atoms with E-state index in [0.717, 1.165) is 22.3 Å². The molecule has 0 aliphatic heterocycles. The Morgan fingerprint density at radius 2 is 1.71 bits per heavy atom. The molecule has 1 aliphatic carbocycles. The molecule has 1 aromatic carbocycles. The van der Waals surface area contributed by atoms with Crippen molar-refractivity contribution in [3.05, 3.63) is 34.4 Å². The molecule has 2 rings (SSSR count). The number of rotatable bonds is 4. The molecular formula is C16H20O5. The Morgan fingerprint density at radius 1 is 1.10 bits per heavy atom. The molecule has 1 aromatic rings. The van der Waals surface area contributed by atoms with Gasteiger partial charge in [0.25, 0.3) is 0 Å². The Labute approximate surface area is 124 Å². The molecule has 0 spiro atoms. The second kappa shape index (κ2) is 5.85. The van der Waals surface area contributed by atoms with Crippen LogP contribution in [0.1, 0.15) is 22.3 Å². The van der Waals surface area contributed by atoms with Crippen LogP contribution < -0.4 is 0 Å². The van der Waals surface area contributed by atoms with E-state index in [1.807, 2.05) is 19.1 Å². The van der Waals surface area contributed by atoms with Crippen molar-refractivity contribution in [1.82, 2.24) is 0 Å². The number of hydrogen-bond donors (Lipinski definition) is 0. The predicted molar refractivity (Wildman–Crippen MR) is 75.8 cm³/mol. The summed E-state index contributed by atoms with van der Waals surface area (Å²) in [6.45, 7) is 2.47. The van der Waals surface area contributed by atoms with Crippen LogP contribution in [0.15, 0.2) is 12.1 Å². The smallest absolute Gasteiger partial charge is 0.323 e. The van der Waals surface area contributed by atoms with Crippen molar-refractivity contribution in [3.8, 4) is 0 Å². The van der Waals surface area contributed by atoms with Crippen LogP contribution in [0.5, 0.6) is 0 Å². The van der Waals surface area contributed by atoms with E-state index in [1.165, 1.54) is 14.2 Å². The zero-order valence-electron chi connectivity index (χ0n) is 12.8. The van der Waals surface area contributed by atoms with Gasteiger partial charge in [0.1, 0.15) is 0 Å². The number of ether oxygens (including phenoxy) is 3. The van der Waals surface area contributed by atoms with Crippen LogP contribution in [0.25, 0.3) is 0 Å². The number of carbonyl (C=O) groups excluding carboxylic acids is 2. The van der Waals surface area contributed by atoms with Crippen molar-refractivity contribution in [3.63, 3.8) is 0 Å². The highest BCUT2D eigenvalue weighted by Gasteiger charge is 2.52. The van der Waals surface area contributed by atoms with E-state index in [4.69, 9.17) is 14.2 Å². The number of aryl methyl sites for hydroxylation is 1. The van der Waals surface area contributed by atoms with Crippen molar-refractivity contribution in [2.75, 3.05) is 21.3 Å². The molecule has 0 bridgehead atoms. The van der Waals surface area contributed by atoms with Gasteiger partial charge >= 0.3 is 11.9 Å². The van der Waals surface area contributed by atoms with E-state index in [0.29, 0.717) is 19.4 Å². The van der Waals surface area contributed by atoms with Crippen LogP contribution in [0.4, 0.5) is 0 Å². The van der Waals surface area contributed by atoms with E-state index < -0.39 is 17.4 Å². The summed E-state index contributed by atoms with van der Waals surface area (Å²) >= 11 is 0. The van der Waals surface area contributed by atoms with Crippen LogP contribution in [0.2, 0.25) is 0 Å². The van der Waals surface area contributed by atoms with Crippen molar-refractivity contribution in [2.45, 2.75) is 26.4 Å². The third-order valence-corrected chi connectivity index (χ3v) is 4.06. The summed E-state index contributed by atoms with van der Waals surface area (Å²) in [5.41, 5.74) is 2.82. The lowest BCUT2D eigenvalue weighted by Gasteiger charge is -2.22. The van der Waals surface area contributed by atoms with Crippen LogP contribution in [-0.4, -0.2) is 33.3 Å². The van der Waals surface area contributed by atoms with Gasteiger partial charge in [-0.3, -0.25) is 9.59 Å². The normalized spacial score (nSPS) is 15.4. The molecule has 114 valence electrons. The molecule has 0 unspecified atom stereocenters. The van der Waals surface area contributed by atoms with Gasteiger partial charge in [0.15, 0.2) is 5.41 Å². The molecule has 5 nitrogen and oxygen atoms in total. The number of hydrogen-bond acceptors (Lipinski definition) is 5. The topological polar surface area (TPSA) is 61.8 Å². The highest BCUT2D eigenvalue weighted by atomic mass is 16.5. The lowest BCUT2D eigenvalue weighted by Crippen LogP contribution is -2.42. The van der Waals surface area contributed by atoms with E-state index in [9.17, 15) is 9.59 Å². The van der Waals surface area contributed by atoms with Gasteiger partial charge in [-0.1, -0.05) is 12.1 Å². The summed E-state index contributed by atoms with van der Waals surface area (Å²) < 4.78 is 14.8. The average molecular weight is 292 g/mol. The maximum absolute atomic E-state index is 12.2. The first kappa shape index (κ1) is 15.5. The predicted octanol–water partition coefficient (Wildman–Crippen LogP) is 1.57. The summed E-state index contributed by atoms with van der Waals surface area (Å²) in [5.74, 6) is -1.09. The summed E-state index contributed by atoms with van der Waals surface area (Å²) in [6.07, 6.45) is 0.626. The van der Waals surface area contributed by atoms with Gasteiger partial charge in [0.05, 0.1) is 20.8 Å². The van der Waals surface area contributed by atoms with Gasteiger partial charge in [-0.25, -0.2) is 0 Å². The van der Waals surface area contributed by atoms with Gasteiger partial charge in [-0.2, -0.15) is 0 Å². The van der Waals surface area contributed by atoms with Crippen molar-refractivity contribution >= 4 is 11.9 Å². The van der Waals surface area contributed by atoms with E-state index >= 15 is 0 Å².